The number of furan rings is 1. The maximum atomic E-state index is 13.1. The largest absolute Gasteiger partial charge is 0.469 e. The molecule has 2 aromatic rings. The number of nitrogens with zero attached hydrogens (tertiary/aromatic N) is 3. The van der Waals surface area contributed by atoms with Crippen molar-refractivity contribution in [2.24, 2.45) is 7.05 Å². The van der Waals surface area contributed by atoms with E-state index in [4.69, 9.17) is 4.42 Å². The van der Waals surface area contributed by atoms with Gasteiger partial charge in [-0.25, -0.2) is 0 Å². The third-order valence-electron chi connectivity index (χ3n) is 4.92. The lowest BCUT2D eigenvalue weighted by molar-refractivity contribution is -0.140. The minimum atomic E-state index is -0.430. The quantitative estimate of drug-likeness (QED) is 0.795. The monoisotopic (exact) mass is 345 g/mol. The second-order valence-electron chi connectivity index (χ2n) is 6.38. The van der Waals surface area contributed by atoms with Crippen LogP contribution < -0.4 is 0 Å². The molecule has 1 saturated heterocycles. The summed E-state index contributed by atoms with van der Waals surface area (Å²) in [6.45, 7) is 4.68. The Morgan fingerprint density at radius 1 is 1.40 bits per heavy atom. The van der Waals surface area contributed by atoms with Crippen molar-refractivity contribution < 1.29 is 18.7 Å². The number of hydrogen-bond acceptors (Lipinski definition) is 5. The Morgan fingerprint density at radius 2 is 2.16 bits per heavy atom. The molecule has 0 spiro atoms. The van der Waals surface area contributed by atoms with Crippen molar-refractivity contribution in [2.75, 3.05) is 13.7 Å². The summed E-state index contributed by atoms with van der Waals surface area (Å²) in [6, 6.07) is 1.63. The average Bonchev–Trinajstić information content (AvgIpc) is 3.28. The Kier molecular flexibility index (Phi) is 4.65. The number of rotatable bonds is 4. The van der Waals surface area contributed by atoms with Crippen LogP contribution in [0.15, 0.2) is 16.7 Å². The van der Waals surface area contributed by atoms with Gasteiger partial charge < -0.3 is 14.1 Å². The fourth-order valence-corrected chi connectivity index (χ4v) is 3.61. The first kappa shape index (κ1) is 17.3. The van der Waals surface area contributed by atoms with Crippen molar-refractivity contribution in [1.82, 2.24) is 14.7 Å². The molecule has 25 heavy (non-hydrogen) atoms. The number of ether oxygens (including phenoxy) is 1. The molecular weight excluding hydrogens is 322 g/mol. The maximum Gasteiger partial charge on any atom is 0.313 e. The van der Waals surface area contributed by atoms with Gasteiger partial charge in [-0.15, -0.1) is 0 Å². The first-order chi connectivity index (χ1) is 11.9. The number of hydrogen-bond donors (Lipinski definition) is 0. The molecule has 0 saturated carbocycles. The molecule has 1 atom stereocenters. The molecule has 1 fully saturated rings. The van der Waals surface area contributed by atoms with Crippen LogP contribution in [0.4, 0.5) is 0 Å². The molecule has 3 rings (SSSR count). The molecule has 0 aromatic carbocycles. The van der Waals surface area contributed by atoms with E-state index in [1.165, 1.54) is 13.4 Å². The number of esters is 1. The molecule has 1 amide bonds. The number of carbonyl (C=O) groups is 2. The van der Waals surface area contributed by atoms with E-state index in [9.17, 15) is 9.59 Å². The summed E-state index contributed by atoms with van der Waals surface area (Å²) in [7, 11) is 3.23. The number of amides is 1. The molecule has 1 aliphatic rings. The third kappa shape index (κ3) is 3.06. The Balaban J connectivity index is 1.89. The highest BCUT2D eigenvalue weighted by Gasteiger charge is 2.35. The Bertz CT molecular complexity index is 805. The minimum Gasteiger partial charge on any atom is -0.469 e. The number of methoxy groups -OCH3 is 1. The third-order valence-corrected chi connectivity index (χ3v) is 4.92. The highest BCUT2D eigenvalue weighted by molar-refractivity contribution is 5.96. The lowest BCUT2D eigenvalue weighted by Gasteiger charge is -2.25. The topological polar surface area (TPSA) is 77.6 Å². The molecule has 7 nitrogen and oxygen atoms in total. The fourth-order valence-electron chi connectivity index (χ4n) is 3.61. The van der Waals surface area contributed by atoms with Crippen LogP contribution in [0.1, 0.15) is 52.0 Å². The molecule has 7 heteroatoms. The van der Waals surface area contributed by atoms with Crippen LogP contribution in [0, 0.1) is 13.8 Å². The molecular formula is C18H23N3O4. The fraction of sp³-hybridized carbons (Fsp3) is 0.500. The number of carbonyl (C=O) groups excluding carboxylic acids is 2. The first-order valence-corrected chi connectivity index (χ1v) is 8.38. The molecule has 0 bridgehead atoms. The predicted molar refractivity (Wildman–Crippen MR) is 90.1 cm³/mol. The van der Waals surface area contributed by atoms with Crippen LogP contribution in [0.5, 0.6) is 0 Å². The molecule has 0 aliphatic carbocycles. The first-order valence-electron chi connectivity index (χ1n) is 8.38. The van der Waals surface area contributed by atoms with Crippen LogP contribution in [0.2, 0.25) is 0 Å². The van der Waals surface area contributed by atoms with Gasteiger partial charge >= 0.3 is 5.97 Å². The molecule has 3 heterocycles. The van der Waals surface area contributed by atoms with Gasteiger partial charge in [-0.3, -0.25) is 14.3 Å². The minimum absolute atomic E-state index is 0.00192. The van der Waals surface area contributed by atoms with Gasteiger partial charge in [0.25, 0.3) is 5.91 Å². The van der Waals surface area contributed by atoms with Crippen molar-refractivity contribution in [2.45, 2.75) is 39.2 Å². The van der Waals surface area contributed by atoms with E-state index in [0.29, 0.717) is 17.9 Å². The zero-order valence-corrected chi connectivity index (χ0v) is 15.0. The van der Waals surface area contributed by atoms with Crippen molar-refractivity contribution in [3.63, 3.8) is 0 Å². The molecule has 2 aromatic heterocycles. The summed E-state index contributed by atoms with van der Waals surface area (Å²) in [6.07, 6.45) is 3.24. The molecule has 0 N–H and O–H groups in total. The zero-order valence-electron chi connectivity index (χ0n) is 15.0. The van der Waals surface area contributed by atoms with Crippen LogP contribution in [0.25, 0.3) is 0 Å². The summed E-state index contributed by atoms with van der Waals surface area (Å²) in [5, 5.41) is 4.48. The SMILES string of the molecule is COC(=O)Cc1occc1C(=O)N1CCC[C@H]1c1c(C)nn(C)c1C. The van der Waals surface area contributed by atoms with Gasteiger partial charge in [-0.05, 0) is 32.8 Å². The van der Waals surface area contributed by atoms with Gasteiger partial charge in [-0.1, -0.05) is 0 Å². The van der Waals surface area contributed by atoms with Crippen molar-refractivity contribution in [3.8, 4) is 0 Å². The lowest BCUT2D eigenvalue weighted by atomic mass is 10.0. The predicted octanol–water partition coefficient (Wildman–Crippen LogP) is 2.32. The number of likely N-dealkylation sites (tertiary alicyclic amines) is 1. The zero-order chi connectivity index (χ0) is 18.1. The number of aryl methyl sites for hydroxylation is 2. The van der Waals surface area contributed by atoms with E-state index in [0.717, 1.165) is 29.8 Å². The second-order valence-corrected chi connectivity index (χ2v) is 6.38. The van der Waals surface area contributed by atoms with Crippen molar-refractivity contribution in [3.05, 3.63) is 40.6 Å². The van der Waals surface area contributed by atoms with E-state index in [1.807, 2.05) is 30.5 Å². The van der Waals surface area contributed by atoms with Gasteiger partial charge in [-0.2, -0.15) is 5.10 Å². The summed E-state index contributed by atoms with van der Waals surface area (Å²) in [5.74, 6) is -0.194. The van der Waals surface area contributed by atoms with E-state index < -0.39 is 5.97 Å². The molecule has 134 valence electrons. The van der Waals surface area contributed by atoms with Gasteiger partial charge in [0.2, 0.25) is 0 Å². The molecule has 1 aliphatic heterocycles. The Labute approximate surface area is 146 Å². The summed E-state index contributed by atoms with van der Waals surface area (Å²) in [5.41, 5.74) is 3.57. The summed E-state index contributed by atoms with van der Waals surface area (Å²) >= 11 is 0. The number of aromatic nitrogens is 2. The van der Waals surface area contributed by atoms with Crippen LogP contribution in [0.3, 0.4) is 0 Å². The molecule has 0 radical (unpaired) electrons. The highest BCUT2D eigenvalue weighted by Crippen LogP contribution is 2.36. The summed E-state index contributed by atoms with van der Waals surface area (Å²) in [4.78, 5) is 26.5. The Hall–Kier alpha value is -2.57. The van der Waals surface area contributed by atoms with Gasteiger partial charge in [0.05, 0.1) is 30.7 Å². The van der Waals surface area contributed by atoms with Gasteiger partial charge in [0, 0.05) is 24.8 Å². The molecule has 0 unspecified atom stereocenters. The van der Waals surface area contributed by atoms with E-state index in [-0.39, 0.29) is 18.4 Å². The smallest absolute Gasteiger partial charge is 0.313 e. The standard InChI is InChI=1S/C18H23N3O4/c1-11-17(12(2)20(3)19-11)14-6-5-8-21(14)18(23)13-7-9-25-15(13)10-16(22)24-4/h7,9,14H,5-6,8,10H2,1-4H3/t14-/m0/s1. The van der Waals surface area contributed by atoms with Crippen molar-refractivity contribution >= 4 is 11.9 Å². The van der Waals surface area contributed by atoms with Gasteiger partial charge in [0.1, 0.15) is 12.2 Å². The van der Waals surface area contributed by atoms with Crippen LogP contribution >= 0.6 is 0 Å². The lowest BCUT2D eigenvalue weighted by Crippen LogP contribution is -2.31. The Morgan fingerprint density at radius 3 is 2.80 bits per heavy atom. The second kappa shape index (κ2) is 6.74. The van der Waals surface area contributed by atoms with E-state index in [2.05, 4.69) is 9.84 Å². The maximum absolute atomic E-state index is 13.1. The van der Waals surface area contributed by atoms with Crippen LogP contribution in [-0.4, -0.2) is 40.2 Å². The normalized spacial score (nSPS) is 17.1. The van der Waals surface area contributed by atoms with Crippen molar-refractivity contribution in [1.29, 1.82) is 0 Å². The van der Waals surface area contributed by atoms with Gasteiger partial charge in [0.15, 0.2) is 0 Å². The van der Waals surface area contributed by atoms with E-state index in [1.54, 1.807) is 6.07 Å². The highest BCUT2D eigenvalue weighted by atomic mass is 16.5. The van der Waals surface area contributed by atoms with Crippen LogP contribution in [-0.2, 0) is 23.0 Å². The average molecular weight is 345 g/mol. The summed E-state index contributed by atoms with van der Waals surface area (Å²) < 4.78 is 11.9. The van der Waals surface area contributed by atoms with E-state index >= 15 is 0 Å².